The number of nitrogens with one attached hydrogen (secondary N) is 1. The summed E-state index contributed by atoms with van der Waals surface area (Å²) in [6, 6.07) is 6.04. The van der Waals surface area contributed by atoms with Gasteiger partial charge >= 0.3 is 0 Å². The molecule has 0 radical (unpaired) electrons. The van der Waals surface area contributed by atoms with Crippen LogP contribution in [0.4, 0.5) is 11.6 Å². The summed E-state index contributed by atoms with van der Waals surface area (Å²) in [5, 5.41) is 1.79. The second-order valence-corrected chi connectivity index (χ2v) is 8.12. The average Bonchev–Trinajstić information content (AvgIpc) is 3.50. The summed E-state index contributed by atoms with van der Waals surface area (Å²) in [7, 11) is 0. The summed E-state index contributed by atoms with van der Waals surface area (Å²) in [5.74, 6) is 1.61. The first-order valence-corrected chi connectivity index (χ1v) is 10.8. The third-order valence-corrected chi connectivity index (χ3v) is 6.41. The Kier molecular flexibility index (Phi) is 8.28. The molecule has 2 fully saturated rings. The van der Waals surface area contributed by atoms with Crippen LogP contribution in [0, 0.1) is 0 Å². The van der Waals surface area contributed by atoms with Crippen LogP contribution in [0.3, 0.4) is 0 Å². The smallest absolute Gasteiger partial charge is 0.153 e. The van der Waals surface area contributed by atoms with Gasteiger partial charge < -0.3 is 20.0 Å². The van der Waals surface area contributed by atoms with Crippen LogP contribution in [-0.2, 0) is 4.79 Å². The Bertz CT molecular complexity index is 916. The number of hydrogen-bond donors (Lipinski definition) is 1. The number of hydrazine groups is 1. The highest BCUT2D eigenvalue weighted by molar-refractivity contribution is 5.90. The fraction of sp³-hybridized carbons (Fsp3) is 0.455. The number of anilines is 2. The van der Waals surface area contributed by atoms with E-state index in [4.69, 9.17) is 0 Å². The fourth-order valence-corrected chi connectivity index (χ4v) is 4.78. The van der Waals surface area contributed by atoms with E-state index in [1.165, 1.54) is 38.8 Å². The van der Waals surface area contributed by atoms with E-state index in [2.05, 4.69) is 30.2 Å². The van der Waals surface area contributed by atoms with E-state index in [0.717, 1.165) is 36.3 Å². The molecular formula is C22H29Cl2N7O. The minimum Gasteiger partial charge on any atom is -0.356 e. The van der Waals surface area contributed by atoms with Crippen molar-refractivity contribution in [3.05, 3.63) is 48.7 Å². The Labute approximate surface area is 200 Å². The predicted molar refractivity (Wildman–Crippen MR) is 130 cm³/mol. The molecule has 0 aliphatic carbocycles. The lowest BCUT2D eigenvalue weighted by atomic mass is 10.0. The van der Waals surface area contributed by atoms with Gasteiger partial charge in [0.25, 0.3) is 0 Å². The van der Waals surface area contributed by atoms with Crippen molar-refractivity contribution in [2.24, 2.45) is 0 Å². The summed E-state index contributed by atoms with van der Waals surface area (Å²) < 4.78 is 0. The van der Waals surface area contributed by atoms with Gasteiger partial charge in [0.05, 0.1) is 0 Å². The van der Waals surface area contributed by atoms with Crippen LogP contribution >= 0.6 is 24.8 Å². The number of aldehydes is 1. The summed E-state index contributed by atoms with van der Waals surface area (Å²) in [6.45, 7) is 4.51. The Balaban J connectivity index is 0.00000144. The minimum atomic E-state index is -0.460. The van der Waals surface area contributed by atoms with E-state index >= 15 is 0 Å². The van der Waals surface area contributed by atoms with Crippen molar-refractivity contribution < 1.29 is 4.79 Å². The zero-order valence-electron chi connectivity index (χ0n) is 17.8. The summed E-state index contributed by atoms with van der Waals surface area (Å²) in [4.78, 5) is 30.0. The first-order valence-electron chi connectivity index (χ1n) is 10.8. The Hall–Kier alpha value is -2.42. The van der Waals surface area contributed by atoms with Gasteiger partial charge in [-0.25, -0.2) is 9.97 Å². The number of carbonyl (C=O) groups excluding carboxylic acids is 1. The van der Waals surface area contributed by atoms with Gasteiger partial charge in [0.1, 0.15) is 24.5 Å². The molecule has 0 bridgehead atoms. The maximum absolute atomic E-state index is 11.9. The summed E-state index contributed by atoms with van der Waals surface area (Å²) in [5.41, 5.74) is 4.99. The van der Waals surface area contributed by atoms with Crippen LogP contribution < -0.4 is 15.3 Å². The van der Waals surface area contributed by atoms with Crippen molar-refractivity contribution in [1.82, 2.24) is 25.3 Å². The Morgan fingerprint density at radius 3 is 2.47 bits per heavy atom. The second-order valence-electron chi connectivity index (χ2n) is 8.12. The molecule has 2 aromatic rings. The molecule has 0 spiro atoms. The van der Waals surface area contributed by atoms with Gasteiger partial charge in [0.15, 0.2) is 5.82 Å². The van der Waals surface area contributed by atoms with Crippen molar-refractivity contribution in [2.75, 3.05) is 36.1 Å². The zero-order chi connectivity index (χ0) is 20.3. The lowest BCUT2D eigenvalue weighted by Gasteiger charge is -2.37. The van der Waals surface area contributed by atoms with Gasteiger partial charge in [0.2, 0.25) is 0 Å². The number of likely N-dealkylation sites (tertiary alicyclic amines) is 1. The maximum atomic E-state index is 11.9. The Morgan fingerprint density at radius 2 is 1.78 bits per heavy atom. The first kappa shape index (κ1) is 24.2. The second kappa shape index (κ2) is 10.9. The van der Waals surface area contributed by atoms with E-state index < -0.39 is 6.04 Å². The third kappa shape index (κ3) is 4.82. The molecule has 0 aromatic carbocycles. The van der Waals surface area contributed by atoms with Gasteiger partial charge in [-0.05, 0) is 44.8 Å². The fourth-order valence-electron chi connectivity index (χ4n) is 4.78. The van der Waals surface area contributed by atoms with E-state index in [1.54, 1.807) is 23.7 Å². The highest BCUT2D eigenvalue weighted by Gasteiger charge is 2.31. The number of rotatable bonds is 5. The molecule has 3 aliphatic rings. The number of pyridine rings is 1. The molecule has 5 heterocycles. The van der Waals surface area contributed by atoms with Crippen molar-refractivity contribution >= 4 is 48.3 Å². The molecule has 172 valence electrons. The van der Waals surface area contributed by atoms with Gasteiger partial charge in [-0.3, -0.25) is 9.99 Å². The molecule has 8 nitrogen and oxygen atoms in total. The number of halogens is 2. The van der Waals surface area contributed by atoms with E-state index in [-0.39, 0.29) is 24.8 Å². The summed E-state index contributed by atoms with van der Waals surface area (Å²) >= 11 is 0. The number of hydrogen-bond acceptors (Lipinski definition) is 8. The highest BCUT2D eigenvalue weighted by Crippen LogP contribution is 2.29. The van der Waals surface area contributed by atoms with Crippen LogP contribution in [0.15, 0.2) is 43.1 Å². The van der Waals surface area contributed by atoms with Crippen molar-refractivity contribution in [2.45, 2.75) is 37.8 Å². The van der Waals surface area contributed by atoms with Crippen molar-refractivity contribution in [3.8, 4) is 0 Å². The number of piperidine rings is 1. The van der Waals surface area contributed by atoms with Crippen molar-refractivity contribution in [3.63, 3.8) is 0 Å². The topological polar surface area (TPSA) is 77.5 Å². The average molecular weight is 478 g/mol. The molecule has 3 aliphatic heterocycles. The molecule has 32 heavy (non-hydrogen) atoms. The molecule has 0 saturated carbocycles. The summed E-state index contributed by atoms with van der Waals surface area (Å²) in [6.07, 6.45) is 12.9. The molecule has 5 rings (SSSR count). The van der Waals surface area contributed by atoms with Crippen LogP contribution in [0.5, 0.6) is 0 Å². The van der Waals surface area contributed by atoms with E-state index in [0.29, 0.717) is 11.9 Å². The third-order valence-electron chi connectivity index (χ3n) is 6.41. The van der Waals surface area contributed by atoms with Crippen LogP contribution in [0.25, 0.3) is 5.57 Å². The molecular weight excluding hydrogens is 449 g/mol. The van der Waals surface area contributed by atoms with Gasteiger partial charge in [-0.15, -0.1) is 24.8 Å². The van der Waals surface area contributed by atoms with Crippen molar-refractivity contribution in [1.29, 1.82) is 0 Å². The lowest BCUT2D eigenvalue weighted by Crippen LogP contribution is -2.44. The number of carbonyl (C=O) groups is 1. The number of aromatic nitrogens is 3. The molecule has 1 unspecified atom stereocenters. The molecule has 2 aromatic heterocycles. The number of nitrogens with zero attached hydrogens (tertiary/aromatic N) is 6. The maximum Gasteiger partial charge on any atom is 0.153 e. The largest absolute Gasteiger partial charge is 0.356 e. The Morgan fingerprint density at radius 1 is 1.03 bits per heavy atom. The molecule has 1 atom stereocenters. The van der Waals surface area contributed by atoms with Crippen LogP contribution in [-0.4, -0.2) is 64.4 Å². The molecule has 0 amide bonds. The van der Waals surface area contributed by atoms with Gasteiger partial charge in [-0.2, -0.15) is 0 Å². The van der Waals surface area contributed by atoms with Gasteiger partial charge in [0, 0.05) is 54.9 Å². The zero-order valence-corrected chi connectivity index (χ0v) is 19.5. The quantitative estimate of drug-likeness (QED) is 0.658. The van der Waals surface area contributed by atoms with Crippen LogP contribution in [0.1, 0.15) is 31.2 Å². The van der Waals surface area contributed by atoms with Gasteiger partial charge in [-0.1, -0.05) is 6.07 Å². The molecule has 10 heteroatoms. The van der Waals surface area contributed by atoms with E-state index in [1.807, 2.05) is 24.4 Å². The monoisotopic (exact) mass is 477 g/mol. The normalized spacial score (nSPS) is 21.4. The highest BCUT2D eigenvalue weighted by atomic mass is 35.5. The minimum absolute atomic E-state index is 0. The lowest BCUT2D eigenvalue weighted by molar-refractivity contribution is -0.107. The van der Waals surface area contributed by atoms with E-state index in [9.17, 15) is 4.79 Å². The SMILES string of the molecule is Cl.Cl.O=CC1C(c2cccnc2)=CNN1c1cc(N2CCC(N3CCCC3)CC2)ncn1. The predicted octanol–water partition coefficient (Wildman–Crippen LogP) is 2.71. The standard InChI is InChI=1S/C22H27N7O.2ClH/c30-15-20-19(17-4-3-7-23-13-17)14-26-29(20)22-12-21(24-16-25-22)28-10-5-18(6-11-28)27-8-1-2-9-27;;/h3-4,7,12-16,18,20,26H,1-2,5-6,8-11H2;2*1H. The first-order chi connectivity index (χ1) is 14.8. The van der Waals surface area contributed by atoms with Crippen LogP contribution in [0.2, 0.25) is 0 Å². The molecule has 2 saturated heterocycles. The molecule has 1 N–H and O–H groups in total.